The Morgan fingerprint density at radius 2 is 1.68 bits per heavy atom. The number of ether oxygens (including phenoxy) is 2. The summed E-state index contributed by atoms with van der Waals surface area (Å²) in [6.07, 6.45) is -0.691. The summed E-state index contributed by atoms with van der Waals surface area (Å²) < 4.78 is 10.6. The van der Waals surface area contributed by atoms with E-state index in [9.17, 15) is 33.9 Å². The maximum atomic E-state index is 13.5. The number of carboxylic acid groups (broad SMARTS) is 1. The molecule has 4 atom stereocenters. The first kappa shape index (κ1) is 35.7. The zero-order valence-electron chi connectivity index (χ0n) is 27.2. The van der Waals surface area contributed by atoms with Crippen LogP contribution in [0.2, 0.25) is 0 Å². The number of hydrogen-bond acceptors (Lipinski definition) is 14. The van der Waals surface area contributed by atoms with Gasteiger partial charge in [0, 0.05) is 11.9 Å². The topological polar surface area (TPSA) is 232 Å². The molecule has 1 aromatic heterocycles. The summed E-state index contributed by atoms with van der Waals surface area (Å²) >= 11 is 1.84. The molecule has 17 nitrogen and oxygen atoms in total. The minimum absolute atomic E-state index is 0.00278. The third-order valence-electron chi connectivity index (χ3n) is 7.03. The van der Waals surface area contributed by atoms with Gasteiger partial charge in [-0.3, -0.25) is 14.4 Å². The number of alkyl carbamates (subject to hydrolysis) is 1. The van der Waals surface area contributed by atoms with Crippen LogP contribution in [0.5, 0.6) is 0 Å². The minimum atomic E-state index is -1.87. The SMILES string of the molecule is CC(C)(C)OC(=O)N[C@@H]1CCN([C@]2(C(=O)O)CN3C(=O)[C@@H](NC(=O)/C(=N\OC(C)(C)C(=O)OC(C)(C)C)c4csc(N)n4)[C@H]3S2)C1=O. The molecular formula is C28H39N7O10S2. The van der Waals surface area contributed by atoms with Gasteiger partial charge >= 0.3 is 18.0 Å². The van der Waals surface area contributed by atoms with Crippen molar-refractivity contribution >= 4 is 69.7 Å². The molecule has 4 amide bonds. The number of amides is 4. The van der Waals surface area contributed by atoms with Crippen LogP contribution in [-0.4, -0.2) is 114 Å². The summed E-state index contributed by atoms with van der Waals surface area (Å²) in [5.41, 5.74) is 2.14. The van der Waals surface area contributed by atoms with E-state index in [-0.39, 0.29) is 36.0 Å². The van der Waals surface area contributed by atoms with Gasteiger partial charge in [0.1, 0.15) is 34.4 Å². The molecule has 0 saturated carbocycles. The number of fused-ring (bicyclic) bond motifs is 1. The Kier molecular flexibility index (Phi) is 9.48. The lowest BCUT2D eigenvalue weighted by Gasteiger charge is -2.41. The van der Waals surface area contributed by atoms with Gasteiger partial charge in [-0.25, -0.2) is 19.4 Å². The third kappa shape index (κ3) is 7.55. The fourth-order valence-electron chi connectivity index (χ4n) is 4.84. The average Bonchev–Trinajstić information content (AvgIpc) is 3.62. The number of likely N-dealkylation sites (tertiary alicyclic amines) is 1. The van der Waals surface area contributed by atoms with Gasteiger partial charge in [-0.1, -0.05) is 16.9 Å². The molecule has 258 valence electrons. The van der Waals surface area contributed by atoms with Crippen molar-refractivity contribution in [2.45, 2.75) is 101 Å². The van der Waals surface area contributed by atoms with Crippen molar-refractivity contribution in [1.29, 1.82) is 0 Å². The van der Waals surface area contributed by atoms with Crippen molar-refractivity contribution in [3.8, 4) is 0 Å². The summed E-state index contributed by atoms with van der Waals surface area (Å²) in [5.74, 6) is -4.23. The van der Waals surface area contributed by atoms with Crippen LogP contribution >= 0.6 is 23.1 Å². The molecule has 4 rings (SSSR count). The smallest absolute Gasteiger partial charge is 0.408 e. The number of nitrogens with one attached hydrogen (secondary N) is 2. The van der Waals surface area contributed by atoms with Crippen molar-refractivity contribution < 1.29 is 48.2 Å². The molecule has 0 aromatic carbocycles. The molecular weight excluding hydrogens is 658 g/mol. The quantitative estimate of drug-likeness (QED) is 0.122. The van der Waals surface area contributed by atoms with Crippen molar-refractivity contribution in [2.24, 2.45) is 5.16 Å². The number of anilines is 1. The number of carboxylic acids is 1. The zero-order valence-corrected chi connectivity index (χ0v) is 28.9. The third-order valence-corrected chi connectivity index (χ3v) is 9.39. The summed E-state index contributed by atoms with van der Waals surface area (Å²) in [4.78, 5) is 87.7. The number of carbonyl (C=O) groups excluding carboxylic acids is 5. The molecule has 3 aliphatic heterocycles. The number of carbonyl (C=O) groups is 6. The first-order valence-corrected chi connectivity index (χ1v) is 16.3. The van der Waals surface area contributed by atoms with Gasteiger partial charge in [0.2, 0.25) is 22.3 Å². The van der Waals surface area contributed by atoms with E-state index in [1.165, 1.54) is 24.1 Å². The maximum absolute atomic E-state index is 13.5. The molecule has 0 unspecified atom stereocenters. The van der Waals surface area contributed by atoms with Crippen LogP contribution in [-0.2, 0) is 38.3 Å². The lowest BCUT2D eigenvalue weighted by molar-refractivity contribution is -0.179. The van der Waals surface area contributed by atoms with Crippen molar-refractivity contribution in [2.75, 3.05) is 18.8 Å². The first-order valence-electron chi connectivity index (χ1n) is 14.6. The van der Waals surface area contributed by atoms with Crippen molar-refractivity contribution in [3.05, 3.63) is 11.1 Å². The van der Waals surface area contributed by atoms with Crippen LogP contribution in [0.4, 0.5) is 9.93 Å². The summed E-state index contributed by atoms with van der Waals surface area (Å²) in [6.45, 7) is 12.5. The highest BCUT2D eigenvalue weighted by atomic mass is 32.2. The average molecular weight is 698 g/mol. The standard InChI is InChI=1S/C28H39N7O10S2/c1-25(2,3)43-22(41)27(7,8)45-33-15(14-11-46-23(29)30-14)17(36)32-16-19(38)34-12-28(21(39)40,47-20(16)34)35-10-9-13(18(35)37)31-24(42)44-26(4,5)6/h11,13,16,20H,9-10,12H2,1-8H3,(H2,29,30)(H,31,42)(H,32,36)(H,39,40)/b33-15-/t13-,16-,20-,28-/m1/s1. The molecule has 0 aliphatic carbocycles. The highest BCUT2D eigenvalue weighted by Crippen LogP contribution is 2.50. The van der Waals surface area contributed by atoms with E-state index in [0.29, 0.717) is 0 Å². The molecule has 3 fully saturated rings. The Hall–Kier alpha value is -4.13. The van der Waals surface area contributed by atoms with Crippen molar-refractivity contribution in [1.82, 2.24) is 25.4 Å². The minimum Gasteiger partial charge on any atom is -0.479 e. The van der Waals surface area contributed by atoms with Gasteiger partial charge in [0.15, 0.2) is 10.8 Å². The predicted molar refractivity (Wildman–Crippen MR) is 169 cm³/mol. The number of β-lactam (4-membered cyclic amide) rings is 1. The summed E-state index contributed by atoms with van der Waals surface area (Å²) in [7, 11) is 0. The molecule has 4 heterocycles. The van der Waals surface area contributed by atoms with Gasteiger partial charge in [-0.05, 0) is 61.8 Å². The number of nitrogen functional groups attached to an aromatic ring is 1. The van der Waals surface area contributed by atoms with Gasteiger partial charge in [0.25, 0.3) is 5.91 Å². The molecule has 5 N–H and O–H groups in total. The van der Waals surface area contributed by atoms with E-state index < -0.39 is 74.9 Å². The van der Waals surface area contributed by atoms with E-state index in [0.717, 1.165) is 28.0 Å². The second kappa shape index (κ2) is 12.5. The maximum Gasteiger partial charge on any atom is 0.408 e. The Balaban J connectivity index is 1.50. The monoisotopic (exact) mass is 697 g/mol. The van der Waals surface area contributed by atoms with Crippen LogP contribution in [0.3, 0.4) is 0 Å². The number of nitrogens with two attached hydrogens (primary N) is 1. The zero-order chi connectivity index (χ0) is 35.3. The highest BCUT2D eigenvalue weighted by molar-refractivity contribution is 8.02. The van der Waals surface area contributed by atoms with E-state index in [1.807, 2.05) is 0 Å². The fourth-order valence-corrected chi connectivity index (χ4v) is 7.03. The Bertz CT molecular complexity index is 1510. The van der Waals surface area contributed by atoms with Gasteiger partial charge in [-0.2, -0.15) is 0 Å². The molecule has 1 aromatic rings. The van der Waals surface area contributed by atoms with Crippen LogP contribution < -0.4 is 16.4 Å². The normalized spacial score (nSPS) is 24.8. The first-order chi connectivity index (χ1) is 21.5. The van der Waals surface area contributed by atoms with Gasteiger partial charge < -0.3 is 45.6 Å². The Morgan fingerprint density at radius 3 is 2.23 bits per heavy atom. The van der Waals surface area contributed by atoms with Gasteiger partial charge in [0.05, 0.1) is 6.54 Å². The van der Waals surface area contributed by atoms with E-state index in [1.54, 1.807) is 41.5 Å². The Labute approximate surface area is 278 Å². The van der Waals surface area contributed by atoms with Crippen LogP contribution in [0.25, 0.3) is 0 Å². The number of hydrogen-bond donors (Lipinski definition) is 4. The Morgan fingerprint density at radius 1 is 1.04 bits per heavy atom. The number of thioether (sulfide) groups is 1. The van der Waals surface area contributed by atoms with Gasteiger partial charge in [-0.15, -0.1) is 11.3 Å². The number of nitrogens with zero attached hydrogens (tertiary/aromatic N) is 4. The molecule has 0 radical (unpaired) electrons. The summed E-state index contributed by atoms with van der Waals surface area (Å²) in [5, 5.41) is 20.0. The molecule has 3 saturated heterocycles. The summed E-state index contributed by atoms with van der Waals surface area (Å²) in [6, 6.07) is -2.21. The van der Waals surface area contributed by atoms with Crippen LogP contribution in [0, 0.1) is 0 Å². The second-order valence-electron chi connectivity index (χ2n) is 13.6. The lowest BCUT2D eigenvalue weighted by Crippen LogP contribution is -2.68. The van der Waals surface area contributed by atoms with E-state index in [2.05, 4.69) is 20.8 Å². The fraction of sp³-hybridized carbons (Fsp3) is 0.643. The highest BCUT2D eigenvalue weighted by Gasteiger charge is 2.66. The number of thiazole rings is 1. The largest absolute Gasteiger partial charge is 0.479 e. The van der Waals surface area contributed by atoms with Crippen LogP contribution in [0.15, 0.2) is 10.5 Å². The number of aliphatic carboxylic acids is 1. The number of rotatable bonds is 9. The number of oxime groups is 1. The van der Waals surface area contributed by atoms with E-state index in [4.69, 9.17) is 20.0 Å². The second-order valence-corrected chi connectivity index (χ2v) is 15.9. The number of esters is 1. The number of aromatic nitrogens is 1. The lowest BCUT2D eigenvalue weighted by atomic mass is 10.1. The van der Waals surface area contributed by atoms with Crippen LogP contribution in [0.1, 0.15) is 67.5 Å². The molecule has 3 aliphatic rings. The van der Waals surface area contributed by atoms with E-state index >= 15 is 0 Å². The molecule has 0 spiro atoms. The molecule has 19 heteroatoms. The molecule has 0 bridgehead atoms. The molecule has 47 heavy (non-hydrogen) atoms. The van der Waals surface area contributed by atoms with Crippen molar-refractivity contribution in [3.63, 3.8) is 0 Å². The predicted octanol–water partition coefficient (Wildman–Crippen LogP) is 0.873.